The lowest BCUT2D eigenvalue weighted by molar-refractivity contribution is 0.128. The molecule has 7 heteroatoms. The number of ether oxygens (including phenoxy) is 1. The third-order valence-electron chi connectivity index (χ3n) is 2.47. The number of anilines is 1. The Hall–Kier alpha value is -1.37. The van der Waals surface area contributed by atoms with Crippen LogP contribution in [0.1, 0.15) is 19.7 Å². The first-order valence-corrected chi connectivity index (χ1v) is 7.90. The zero-order chi connectivity index (χ0) is 15.1. The number of aromatic nitrogens is 3. The molecule has 1 N–H and O–H groups in total. The smallest absolute Gasteiger partial charge is 0.157 e. The van der Waals surface area contributed by atoms with Gasteiger partial charge in [0.05, 0.1) is 5.02 Å². The molecule has 0 unspecified atom stereocenters. The summed E-state index contributed by atoms with van der Waals surface area (Å²) in [6, 6.07) is 5.50. The van der Waals surface area contributed by atoms with Crippen LogP contribution in [0.5, 0.6) is 0 Å². The summed E-state index contributed by atoms with van der Waals surface area (Å²) in [6.07, 6.45) is 1.71. The van der Waals surface area contributed by atoms with E-state index in [-0.39, 0.29) is 0 Å². The Morgan fingerprint density at radius 2 is 2.19 bits per heavy atom. The number of nitrogens with zero attached hydrogens (tertiary/aromatic N) is 3. The molecular weight excluding hydrogens is 308 g/mol. The Labute approximate surface area is 133 Å². The van der Waals surface area contributed by atoms with Crippen LogP contribution in [0, 0.1) is 0 Å². The van der Waals surface area contributed by atoms with E-state index in [9.17, 15) is 0 Å². The second kappa shape index (κ2) is 8.17. The highest BCUT2D eigenvalue weighted by Gasteiger charge is 2.09. The van der Waals surface area contributed by atoms with Gasteiger partial charge in [-0.3, -0.25) is 0 Å². The van der Waals surface area contributed by atoms with Crippen LogP contribution >= 0.6 is 23.4 Å². The minimum atomic E-state index is 0.388. The van der Waals surface area contributed by atoms with Gasteiger partial charge >= 0.3 is 0 Å². The summed E-state index contributed by atoms with van der Waals surface area (Å²) in [5.41, 5.74) is 0. The van der Waals surface area contributed by atoms with Crippen LogP contribution in [-0.4, -0.2) is 28.1 Å². The number of hydrogen-bond acceptors (Lipinski definition) is 6. The lowest BCUT2D eigenvalue weighted by atomic mass is 10.5. The molecule has 0 aromatic carbocycles. The minimum absolute atomic E-state index is 0.388. The quantitative estimate of drug-likeness (QED) is 0.785. The molecular formula is C14H17ClN4OS. The number of nitrogens with one attached hydrogen (secondary N) is 1. The molecule has 2 rings (SSSR count). The molecule has 0 saturated carbocycles. The molecule has 0 bridgehead atoms. The van der Waals surface area contributed by atoms with Crippen LogP contribution in [0.2, 0.25) is 5.02 Å². The van der Waals surface area contributed by atoms with Crippen molar-refractivity contribution in [3.05, 3.63) is 35.2 Å². The topological polar surface area (TPSA) is 59.9 Å². The maximum Gasteiger partial charge on any atom is 0.157 e. The largest absolute Gasteiger partial charge is 0.374 e. The highest BCUT2D eigenvalue weighted by molar-refractivity contribution is 7.99. The molecule has 0 saturated heterocycles. The van der Waals surface area contributed by atoms with Gasteiger partial charge in [-0.05, 0) is 37.7 Å². The van der Waals surface area contributed by atoms with E-state index in [4.69, 9.17) is 16.3 Å². The Balaban J connectivity index is 2.24. The third kappa shape index (κ3) is 4.84. The zero-order valence-electron chi connectivity index (χ0n) is 12.0. The fraction of sp³-hybridized carbons (Fsp3) is 0.357. The highest BCUT2D eigenvalue weighted by Crippen LogP contribution is 2.30. The van der Waals surface area contributed by atoms with Crippen LogP contribution in [0.25, 0.3) is 0 Å². The predicted molar refractivity (Wildman–Crippen MR) is 84.9 cm³/mol. The molecule has 0 spiro atoms. The summed E-state index contributed by atoms with van der Waals surface area (Å²) in [6.45, 7) is 5.77. The van der Waals surface area contributed by atoms with Gasteiger partial charge in [0.25, 0.3) is 0 Å². The van der Waals surface area contributed by atoms with Crippen molar-refractivity contribution >= 4 is 29.2 Å². The van der Waals surface area contributed by atoms with E-state index in [0.29, 0.717) is 24.1 Å². The van der Waals surface area contributed by atoms with Gasteiger partial charge < -0.3 is 10.1 Å². The summed E-state index contributed by atoms with van der Waals surface area (Å²) in [4.78, 5) is 13.1. The van der Waals surface area contributed by atoms with E-state index in [1.165, 1.54) is 11.8 Å². The maximum absolute atomic E-state index is 6.13. The van der Waals surface area contributed by atoms with Gasteiger partial charge in [-0.15, -0.1) is 0 Å². The molecule has 5 nitrogen and oxygen atoms in total. The molecule has 0 atom stereocenters. The van der Waals surface area contributed by atoms with Gasteiger partial charge in [-0.2, -0.15) is 0 Å². The minimum Gasteiger partial charge on any atom is -0.374 e. The summed E-state index contributed by atoms with van der Waals surface area (Å²) >= 11 is 7.54. The zero-order valence-corrected chi connectivity index (χ0v) is 13.5. The number of halogens is 1. The van der Waals surface area contributed by atoms with Crippen LogP contribution in [0.3, 0.4) is 0 Å². The Kier molecular flexibility index (Phi) is 6.22. The van der Waals surface area contributed by atoms with Gasteiger partial charge in [0.15, 0.2) is 5.82 Å². The molecule has 2 aromatic heterocycles. The monoisotopic (exact) mass is 324 g/mol. The first-order chi connectivity index (χ1) is 10.2. The fourth-order valence-electron chi connectivity index (χ4n) is 1.60. The van der Waals surface area contributed by atoms with E-state index in [2.05, 4.69) is 20.3 Å². The maximum atomic E-state index is 6.13. The van der Waals surface area contributed by atoms with Crippen molar-refractivity contribution in [2.75, 3.05) is 18.5 Å². The molecule has 0 fully saturated rings. The molecule has 0 aliphatic carbocycles. The molecule has 21 heavy (non-hydrogen) atoms. The average molecular weight is 325 g/mol. The van der Waals surface area contributed by atoms with E-state index in [1.807, 2.05) is 26.0 Å². The Morgan fingerprint density at radius 3 is 2.90 bits per heavy atom. The number of pyridine rings is 1. The average Bonchev–Trinajstić information content (AvgIpc) is 2.48. The summed E-state index contributed by atoms with van der Waals surface area (Å²) in [5.74, 6) is 1.42. The first kappa shape index (κ1) is 16.0. The van der Waals surface area contributed by atoms with Crippen LogP contribution in [0.15, 0.2) is 34.4 Å². The standard InChI is InChI=1S/C14H17ClN4OS/c1-3-16-11-8-13(19-12(18-11)9-20-4-2)21-14-10(15)6-5-7-17-14/h5-8H,3-4,9H2,1-2H3,(H,16,18,19). The van der Waals surface area contributed by atoms with Crippen molar-refractivity contribution in [2.45, 2.75) is 30.5 Å². The number of rotatable bonds is 7. The van der Waals surface area contributed by atoms with Crippen molar-refractivity contribution in [2.24, 2.45) is 0 Å². The van der Waals surface area contributed by atoms with Crippen molar-refractivity contribution in [3.8, 4) is 0 Å². The van der Waals surface area contributed by atoms with Crippen molar-refractivity contribution in [1.29, 1.82) is 0 Å². The van der Waals surface area contributed by atoms with Gasteiger partial charge in [0.1, 0.15) is 22.5 Å². The molecule has 2 heterocycles. The van der Waals surface area contributed by atoms with Crippen LogP contribution < -0.4 is 5.32 Å². The lowest BCUT2D eigenvalue weighted by Crippen LogP contribution is -2.06. The Bertz CT molecular complexity index is 597. The molecule has 112 valence electrons. The second-order valence-corrected chi connectivity index (χ2v) is 5.48. The first-order valence-electron chi connectivity index (χ1n) is 6.70. The van der Waals surface area contributed by atoms with E-state index in [1.54, 1.807) is 12.3 Å². The Morgan fingerprint density at radius 1 is 1.33 bits per heavy atom. The van der Waals surface area contributed by atoms with Gasteiger partial charge in [-0.25, -0.2) is 15.0 Å². The third-order valence-corrected chi connectivity index (χ3v) is 3.82. The second-order valence-electron chi connectivity index (χ2n) is 4.07. The highest BCUT2D eigenvalue weighted by atomic mass is 35.5. The number of hydrogen-bond donors (Lipinski definition) is 1. The summed E-state index contributed by atoms with van der Waals surface area (Å²) in [5, 5.41) is 5.31. The van der Waals surface area contributed by atoms with Crippen molar-refractivity contribution in [3.63, 3.8) is 0 Å². The van der Waals surface area contributed by atoms with Crippen molar-refractivity contribution < 1.29 is 4.74 Å². The van der Waals surface area contributed by atoms with E-state index >= 15 is 0 Å². The molecule has 2 aromatic rings. The van der Waals surface area contributed by atoms with Crippen molar-refractivity contribution in [1.82, 2.24) is 15.0 Å². The summed E-state index contributed by atoms with van der Waals surface area (Å²) in [7, 11) is 0. The van der Waals surface area contributed by atoms with E-state index < -0.39 is 0 Å². The van der Waals surface area contributed by atoms with Crippen LogP contribution in [0.4, 0.5) is 5.82 Å². The lowest BCUT2D eigenvalue weighted by Gasteiger charge is -2.09. The SMILES string of the molecule is CCNc1cc(Sc2ncccc2Cl)nc(COCC)n1. The molecule has 0 aliphatic rings. The molecule has 0 amide bonds. The van der Waals surface area contributed by atoms with E-state index in [0.717, 1.165) is 22.4 Å². The molecule has 0 radical (unpaired) electrons. The van der Waals surface area contributed by atoms with Gasteiger partial charge in [-0.1, -0.05) is 11.6 Å². The predicted octanol–water partition coefficient (Wildman–Crippen LogP) is 3.64. The normalized spacial score (nSPS) is 10.6. The summed E-state index contributed by atoms with van der Waals surface area (Å²) < 4.78 is 5.38. The fourth-order valence-corrected chi connectivity index (χ4v) is 2.64. The van der Waals surface area contributed by atoms with Gasteiger partial charge in [0.2, 0.25) is 0 Å². The molecule has 0 aliphatic heterocycles. The van der Waals surface area contributed by atoms with Crippen LogP contribution in [-0.2, 0) is 11.3 Å². The van der Waals surface area contributed by atoms with Gasteiger partial charge in [0, 0.05) is 25.4 Å².